The largest absolute Gasteiger partial charge is 0.491 e. The van der Waals surface area contributed by atoms with Gasteiger partial charge in [0.05, 0.1) is 6.54 Å². The summed E-state index contributed by atoms with van der Waals surface area (Å²) >= 11 is 3.44. The highest BCUT2D eigenvalue weighted by molar-refractivity contribution is 9.10. The number of carbonyl (C=O) groups is 1. The van der Waals surface area contributed by atoms with Crippen LogP contribution in [0.4, 0.5) is 10.5 Å². The number of hydrogen-bond donors (Lipinski definition) is 2. The Hall–Kier alpha value is -2.01. The van der Waals surface area contributed by atoms with Gasteiger partial charge in [-0.05, 0) is 43.2 Å². The summed E-state index contributed by atoms with van der Waals surface area (Å²) in [6.07, 6.45) is 0. The Bertz CT molecular complexity index is 659. The van der Waals surface area contributed by atoms with Crippen molar-refractivity contribution in [2.75, 3.05) is 18.5 Å². The first-order chi connectivity index (χ1) is 10.6. The number of anilines is 1. The summed E-state index contributed by atoms with van der Waals surface area (Å²) in [6, 6.07) is 13.2. The third-order valence-corrected chi connectivity index (χ3v) is 4.02. The van der Waals surface area contributed by atoms with Crippen LogP contribution in [0.3, 0.4) is 0 Å². The fourth-order valence-electron chi connectivity index (χ4n) is 1.89. The van der Waals surface area contributed by atoms with Crippen LogP contribution in [0.2, 0.25) is 0 Å². The number of rotatable bonds is 5. The van der Waals surface area contributed by atoms with Crippen LogP contribution < -0.4 is 15.4 Å². The van der Waals surface area contributed by atoms with Crippen molar-refractivity contribution in [2.24, 2.45) is 0 Å². The van der Waals surface area contributed by atoms with Crippen LogP contribution in [-0.4, -0.2) is 19.2 Å². The van der Waals surface area contributed by atoms with Crippen molar-refractivity contribution in [3.8, 4) is 5.75 Å². The topological polar surface area (TPSA) is 50.4 Å². The Balaban J connectivity index is 1.74. The minimum atomic E-state index is -0.246. The van der Waals surface area contributed by atoms with Crippen LogP contribution in [-0.2, 0) is 0 Å². The summed E-state index contributed by atoms with van der Waals surface area (Å²) in [5.74, 6) is 0.840. The molecule has 0 aromatic heterocycles. The molecular weight excluding hydrogens is 344 g/mol. The van der Waals surface area contributed by atoms with Gasteiger partial charge in [0.25, 0.3) is 0 Å². The smallest absolute Gasteiger partial charge is 0.319 e. The zero-order chi connectivity index (χ0) is 15.9. The van der Waals surface area contributed by atoms with Gasteiger partial charge in [-0.3, -0.25) is 0 Å². The highest BCUT2D eigenvalue weighted by Crippen LogP contribution is 2.20. The molecule has 2 aromatic carbocycles. The second kappa shape index (κ2) is 7.84. The molecule has 0 bridgehead atoms. The van der Waals surface area contributed by atoms with Gasteiger partial charge in [-0.1, -0.05) is 40.2 Å². The molecule has 0 saturated carbocycles. The minimum absolute atomic E-state index is 0.246. The van der Waals surface area contributed by atoms with Gasteiger partial charge < -0.3 is 15.4 Å². The molecule has 2 N–H and O–H groups in total. The molecule has 2 rings (SSSR count). The molecule has 5 heteroatoms. The van der Waals surface area contributed by atoms with Gasteiger partial charge in [0.15, 0.2) is 0 Å². The van der Waals surface area contributed by atoms with Crippen molar-refractivity contribution >= 4 is 27.6 Å². The lowest BCUT2D eigenvalue weighted by atomic mass is 10.2. The Kier molecular flexibility index (Phi) is 5.83. The van der Waals surface area contributed by atoms with Gasteiger partial charge in [0, 0.05) is 10.2 Å². The van der Waals surface area contributed by atoms with Gasteiger partial charge >= 0.3 is 6.03 Å². The number of amides is 2. The second-order valence-electron chi connectivity index (χ2n) is 4.96. The molecule has 0 heterocycles. The molecule has 0 saturated heterocycles. The lowest BCUT2D eigenvalue weighted by Gasteiger charge is -2.11. The van der Waals surface area contributed by atoms with E-state index in [-0.39, 0.29) is 6.03 Å². The number of aryl methyl sites for hydroxylation is 2. The first kappa shape index (κ1) is 16.4. The Morgan fingerprint density at radius 2 is 1.91 bits per heavy atom. The zero-order valence-corrected chi connectivity index (χ0v) is 14.2. The molecule has 0 unspecified atom stereocenters. The molecule has 0 atom stereocenters. The van der Waals surface area contributed by atoms with E-state index in [0.717, 1.165) is 27.0 Å². The normalized spacial score (nSPS) is 10.1. The number of halogens is 1. The lowest BCUT2D eigenvalue weighted by molar-refractivity contribution is 0.247. The van der Waals surface area contributed by atoms with Crippen LogP contribution in [0.5, 0.6) is 5.75 Å². The van der Waals surface area contributed by atoms with Crippen molar-refractivity contribution in [2.45, 2.75) is 13.8 Å². The highest BCUT2D eigenvalue weighted by Gasteiger charge is 2.03. The molecular formula is C17H19BrN2O2. The van der Waals surface area contributed by atoms with Crippen LogP contribution in [0.25, 0.3) is 0 Å². The van der Waals surface area contributed by atoms with Crippen LogP contribution >= 0.6 is 15.9 Å². The number of para-hydroxylation sites is 1. The van der Waals surface area contributed by atoms with E-state index in [1.165, 1.54) is 0 Å². The molecule has 22 heavy (non-hydrogen) atoms. The van der Waals surface area contributed by atoms with Crippen molar-refractivity contribution in [1.82, 2.24) is 5.32 Å². The quantitative estimate of drug-likeness (QED) is 0.780. The molecule has 2 amide bonds. The molecule has 0 aliphatic carbocycles. The maximum Gasteiger partial charge on any atom is 0.319 e. The lowest BCUT2D eigenvalue weighted by Crippen LogP contribution is -2.32. The number of ether oxygens (including phenoxy) is 1. The maximum atomic E-state index is 11.8. The van der Waals surface area contributed by atoms with Crippen molar-refractivity contribution < 1.29 is 9.53 Å². The van der Waals surface area contributed by atoms with Crippen molar-refractivity contribution in [3.05, 3.63) is 58.1 Å². The van der Waals surface area contributed by atoms with Gasteiger partial charge in [0.2, 0.25) is 0 Å². The number of benzene rings is 2. The van der Waals surface area contributed by atoms with E-state index in [1.54, 1.807) is 0 Å². The van der Waals surface area contributed by atoms with Gasteiger partial charge in [0.1, 0.15) is 12.4 Å². The summed E-state index contributed by atoms with van der Waals surface area (Å²) in [4.78, 5) is 11.8. The molecule has 0 aliphatic rings. The van der Waals surface area contributed by atoms with E-state index in [2.05, 4.69) is 26.6 Å². The first-order valence-electron chi connectivity index (χ1n) is 7.05. The van der Waals surface area contributed by atoms with Gasteiger partial charge in [-0.15, -0.1) is 0 Å². The van der Waals surface area contributed by atoms with Crippen LogP contribution in [0.1, 0.15) is 11.1 Å². The first-order valence-corrected chi connectivity index (χ1v) is 7.85. The average molecular weight is 363 g/mol. The highest BCUT2D eigenvalue weighted by atomic mass is 79.9. The second-order valence-corrected chi connectivity index (χ2v) is 5.81. The number of urea groups is 1. The average Bonchev–Trinajstić information content (AvgIpc) is 2.49. The third-order valence-electron chi connectivity index (χ3n) is 3.17. The molecule has 0 spiro atoms. The van der Waals surface area contributed by atoms with E-state index in [1.807, 2.05) is 56.3 Å². The molecule has 116 valence electrons. The molecule has 2 aromatic rings. The predicted octanol–water partition coefficient (Wildman–Crippen LogP) is 4.27. The van der Waals surface area contributed by atoms with E-state index < -0.39 is 0 Å². The standard InChI is InChI=1S/C17H19BrN2O2/c1-12-7-8-14(11-15(12)18)20-17(21)19-9-10-22-16-6-4-3-5-13(16)2/h3-8,11H,9-10H2,1-2H3,(H2,19,20,21). The summed E-state index contributed by atoms with van der Waals surface area (Å²) in [7, 11) is 0. The number of carbonyl (C=O) groups excluding carboxylic acids is 1. The van der Waals surface area contributed by atoms with E-state index >= 15 is 0 Å². The summed E-state index contributed by atoms with van der Waals surface area (Å²) in [6.45, 7) is 4.85. The number of hydrogen-bond acceptors (Lipinski definition) is 2. The third kappa shape index (κ3) is 4.77. The van der Waals surface area contributed by atoms with Gasteiger partial charge in [-0.2, -0.15) is 0 Å². The van der Waals surface area contributed by atoms with E-state index in [9.17, 15) is 4.79 Å². The number of nitrogens with one attached hydrogen (secondary N) is 2. The zero-order valence-electron chi connectivity index (χ0n) is 12.7. The maximum absolute atomic E-state index is 11.8. The summed E-state index contributed by atoms with van der Waals surface area (Å²) in [5.41, 5.74) is 2.95. The van der Waals surface area contributed by atoms with E-state index in [0.29, 0.717) is 13.2 Å². The van der Waals surface area contributed by atoms with Crippen molar-refractivity contribution in [3.63, 3.8) is 0 Å². The minimum Gasteiger partial charge on any atom is -0.491 e. The summed E-state index contributed by atoms with van der Waals surface area (Å²) in [5, 5.41) is 5.55. The monoisotopic (exact) mass is 362 g/mol. The van der Waals surface area contributed by atoms with Crippen LogP contribution in [0.15, 0.2) is 46.9 Å². The van der Waals surface area contributed by atoms with Gasteiger partial charge in [-0.25, -0.2) is 4.79 Å². The molecule has 0 radical (unpaired) electrons. The molecule has 0 fully saturated rings. The fraction of sp³-hybridized carbons (Fsp3) is 0.235. The fourth-order valence-corrected chi connectivity index (χ4v) is 2.27. The SMILES string of the molecule is Cc1ccc(NC(=O)NCCOc2ccccc2C)cc1Br. The molecule has 4 nitrogen and oxygen atoms in total. The molecule has 0 aliphatic heterocycles. The van der Waals surface area contributed by atoms with E-state index in [4.69, 9.17) is 4.74 Å². The van der Waals surface area contributed by atoms with Crippen LogP contribution in [0, 0.1) is 13.8 Å². The Labute approximate surface area is 139 Å². The Morgan fingerprint density at radius 1 is 1.14 bits per heavy atom. The predicted molar refractivity (Wildman–Crippen MR) is 92.6 cm³/mol. The van der Waals surface area contributed by atoms with Crippen molar-refractivity contribution in [1.29, 1.82) is 0 Å². The Morgan fingerprint density at radius 3 is 2.64 bits per heavy atom. The summed E-state index contributed by atoms with van der Waals surface area (Å²) < 4.78 is 6.59.